The van der Waals surface area contributed by atoms with Crippen LogP contribution in [0.25, 0.3) is 0 Å². The first-order valence-electron chi connectivity index (χ1n) is 5.49. The zero-order valence-corrected chi connectivity index (χ0v) is 11.0. The van der Waals surface area contributed by atoms with Crippen molar-refractivity contribution in [3.05, 3.63) is 29.0 Å². The Hall–Kier alpha value is -1.33. The van der Waals surface area contributed by atoms with Crippen LogP contribution in [0.5, 0.6) is 0 Å². The Morgan fingerprint density at radius 2 is 2.17 bits per heavy atom. The number of anilines is 1. The van der Waals surface area contributed by atoms with Gasteiger partial charge in [0.2, 0.25) is 0 Å². The summed E-state index contributed by atoms with van der Waals surface area (Å²) in [6.07, 6.45) is 0.401. The van der Waals surface area contributed by atoms with Gasteiger partial charge in [0.15, 0.2) is 0 Å². The molecule has 0 heterocycles. The Bertz CT molecular complexity index is 438. The summed E-state index contributed by atoms with van der Waals surface area (Å²) in [5.74, 6) is -0.561. The van der Waals surface area contributed by atoms with Crippen molar-refractivity contribution in [3.63, 3.8) is 0 Å². The molecule has 0 unspecified atom stereocenters. The zero-order valence-electron chi connectivity index (χ0n) is 10.3. The Morgan fingerprint density at radius 3 is 2.78 bits per heavy atom. The van der Waals surface area contributed by atoms with Gasteiger partial charge in [0, 0.05) is 17.2 Å². The van der Waals surface area contributed by atoms with Crippen molar-refractivity contribution < 1.29 is 14.3 Å². The van der Waals surface area contributed by atoms with Gasteiger partial charge in [-0.25, -0.2) is 9.18 Å². The summed E-state index contributed by atoms with van der Waals surface area (Å²) in [7, 11) is 0. The van der Waals surface area contributed by atoms with Crippen LogP contribution in [0.2, 0.25) is 5.02 Å². The molecule has 0 saturated heterocycles. The molecular formula is C12H16ClFN2O2. The lowest BCUT2D eigenvalue weighted by Gasteiger charge is -2.25. The van der Waals surface area contributed by atoms with Crippen molar-refractivity contribution in [2.24, 2.45) is 0 Å². The van der Waals surface area contributed by atoms with Gasteiger partial charge in [-0.1, -0.05) is 11.6 Å². The Labute approximate surface area is 110 Å². The lowest BCUT2D eigenvalue weighted by Crippen LogP contribution is -2.46. The summed E-state index contributed by atoms with van der Waals surface area (Å²) < 4.78 is 13.4. The number of aliphatic hydroxyl groups is 1. The molecule has 0 atom stereocenters. The third-order valence-corrected chi connectivity index (χ3v) is 2.60. The van der Waals surface area contributed by atoms with Crippen LogP contribution in [0.1, 0.15) is 20.3 Å². The number of carbonyl (C=O) groups excluding carboxylic acids is 1. The average Bonchev–Trinajstić information content (AvgIpc) is 2.22. The first-order valence-corrected chi connectivity index (χ1v) is 5.87. The number of halogens is 2. The minimum atomic E-state index is -0.576. The molecule has 0 saturated carbocycles. The van der Waals surface area contributed by atoms with Crippen molar-refractivity contribution in [1.82, 2.24) is 5.32 Å². The third-order valence-electron chi connectivity index (χ3n) is 2.37. The second kappa shape index (κ2) is 6.02. The minimum absolute atomic E-state index is 0.0137. The SMILES string of the molecule is CC(C)(CCO)NC(=O)Nc1cc(Cl)ccc1F. The van der Waals surface area contributed by atoms with Crippen molar-refractivity contribution in [2.45, 2.75) is 25.8 Å². The van der Waals surface area contributed by atoms with Crippen LogP contribution in [-0.2, 0) is 0 Å². The highest BCUT2D eigenvalue weighted by atomic mass is 35.5. The van der Waals surface area contributed by atoms with E-state index < -0.39 is 17.4 Å². The maximum Gasteiger partial charge on any atom is 0.319 e. The maximum atomic E-state index is 13.4. The van der Waals surface area contributed by atoms with Crippen molar-refractivity contribution in [1.29, 1.82) is 0 Å². The number of amides is 2. The molecule has 0 bridgehead atoms. The summed E-state index contributed by atoms with van der Waals surface area (Å²) in [6, 6.07) is 3.36. The van der Waals surface area contributed by atoms with Crippen LogP contribution in [0.15, 0.2) is 18.2 Å². The van der Waals surface area contributed by atoms with Crippen molar-refractivity contribution in [3.8, 4) is 0 Å². The van der Waals surface area contributed by atoms with E-state index >= 15 is 0 Å². The zero-order chi connectivity index (χ0) is 13.8. The highest BCUT2D eigenvalue weighted by Crippen LogP contribution is 2.19. The van der Waals surface area contributed by atoms with Crippen LogP contribution >= 0.6 is 11.6 Å². The molecule has 100 valence electrons. The van der Waals surface area contributed by atoms with Crippen LogP contribution < -0.4 is 10.6 Å². The first-order chi connectivity index (χ1) is 8.34. The van der Waals surface area contributed by atoms with E-state index in [0.29, 0.717) is 11.4 Å². The predicted molar refractivity (Wildman–Crippen MR) is 69.3 cm³/mol. The molecule has 0 fully saturated rings. The lowest BCUT2D eigenvalue weighted by molar-refractivity contribution is 0.218. The predicted octanol–water partition coefficient (Wildman–Crippen LogP) is 2.76. The Morgan fingerprint density at radius 1 is 1.50 bits per heavy atom. The van der Waals surface area contributed by atoms with Gasteiger partial charge < -0.3 is 15.7 Å². The van der Waals surface area contributed by atoms with Crippen molar-refractivity contribution >= 4 is 23.3 Å². The molecule has 1 aromatic rings. The van der Waals surface area contributed by atoms with Gasteiger partial charge in [-0.05, 0) is 38.5 Å². The van der Waals surface area contributed by atoms with Crippen LogP contribution in [0.4, 0.5) is 14.9 Å². The first kappa shape index (κ1) is 14.7. The molecule has 4 nitrogen and oxygen atoms in total. The smallest absolute Gasteiger partial charge is 0.319 e. The molecule has 0 aliphatic carbocycles. The molecule has 6 heteroatoms. The highest BCUT2D eigenvalue weighted by molar-refractivity contribution is 6.30. The molecule has 1 rings (SSSR count). The maximum absolute atomic E-state index is 13.4. The van der Waals surface area contributed by atoms with Gasteiger partial charge >= 0.3 is 6.03 Å². The fraction of sp³-hybridized carbons (Fsp3) is 0.417. The van der Waals surface area contributed by atoms with E-state index in [4.69, 9.17) is 16.7 Å². The van der Waals surface area contributed by atoms with E-state index in [1.807, 2.05) is 0 Å². The van der Waals surface area contributed by atoms with Gasteiger partial charge in [-0.3, -0.25) is 0 Å². The van der Waals surface area contributed by atoms with E-state index in [-0.39, 0.29) is 12.3 Å². The molecule has 1 aromatic carbocycles. The molecule has 0 aliphatic rings. The van der Waals surface area contributed by atoms with Gasteiger partial charge in [0.1, 0.15) is 5.82 Å². The number of carbonyl (C=O) groups is 1. The Kier molecular flexibility index (Phi) is 4.93. The van der Waals surface area contributed by atoms with Gasteiger partial charge in [0.05, 0.1) is 5.69 Å². The van der Waals surface area contributed by atoms with E-state index in [1.54, 1.807) is 13.8 Å². The molecule has 0 radical (unpaired) electrons. The topological polar surface area (TPSA) is 61.4 Å². The van der Waals surface area contributed by atoms with E-state index in [0.717, 1.165) is 0 Å². The second-order valence-electron chi connectivity index (χ2n) is 4.56. The van der Waals surface area contributed by atoms with Gasteiger partial charge in [0.25, 0.3) is 0 Å². The number of rotatable bonds is 4. The molecule has 0 aliphatic heterocycles. The number of urea groups is 1. The van der Waals surface area contributed by atoms with Gasteiger partial charge in [-0.15, -0.1) is 0 Å². The Balaban J connectivity index is 2.67. The average molecular weight is 275 g/mol. The highest BCUT2D eigenvalue weighted by Gasteiger charge is 2.20. The summed E-state index contributed by atoms with van der Waals surface area (Å²) in [6.45, 7) is 3.48. The van der Waals surface area contributed by atoms with Gasteiger partial charge in [-0.2, -0.15) is 0 Å². The number of nitrogens with one attached hydrogen (secondary N) is 2. The fourth-order valence-corrected chi connectivity index (χ4v) is 1.57. The molecule has 0 aromatic heterocycles. The van der Waals surface area contributed by atoms with Crippen LogP contribution in [0, 0.1) is 5.82 Å². The lowest BCUT2D eigenvalue weighted by atomic mass is 10.0. The summed E-state index contributed by atoms with van der Waals surface area (Å²) >= 11 is 5.71. The molecule has 18 heavy (non-hydrogen) atoms. The standard InChI is InChI=1S/C12H16ClFN2O2/c1-12(2,5-6-17)16-11(18)15-10-7-8(13)3-4-9(10)14/h3-4,7,17H,5-6H2,1-2H3,(H2,15,16,18). The normalized spacial score (nSPS) is 11.2. The summed E-state index contributed by atoms with van der Waals surface area (Å²) in [4.78, 5) is 11.7. The second-order valence-corrected chi connectivity index (χ2v) is 5.00. The number of hydrogen-bond acceptors (Lipinski definition) is 2. The van der Waals surface area contributed by atoms with Crippen LogP contribution in [0.3, 0.4) is 0 Å². The van der Waals surface area contributed by atoms with Crippen molar-refractivity contribution in [2.75, 3.05) is 11.9 Å². The van der Waals surface area contributed by atoms with E-state index in [9.17, 15) is 9.18 Å². The quantitative estimate of drug-likeness (QED) is 0.791. The number of aliphatic hydroxyl groups excluding tert-OH is 1. The fourth-order valence-electron chi connectivity index (χ4n) is 1.40. The number of hydrogen-bond donors (Lipinski definition) is 3. The van der Waals surface area contributed by atoms with E-state index in [1.165, 1.54) is 18.2 Å². The molecule has 0 spiro atoms. The monoisotopic (exact) mass is 274 g/mol. The molecule has 3 N–H and O–H groups in total. The van der Waals surface area contributed by atoms with Crippen LogP contribution in [-0.4, -0.2) is 23.3 Å². The summed E-state index contributed by atoms with van der Waals surface area (Å²) in [5, 5.41) is 14.2. The largest absolute Gasteiger partial charge is 0.396 e. The minimum Gasteiger partial charge on any atom is -0.396 e. The number of benzene rings is 1. The van der Waals surface area contributed by atoms with E-state index in [2.05, 4.69) is 10.6 Å². The summed E-state index contributed by atoms with van der Waals surface area (Å²) in [5.41, 5.74) is -0.562. The third kappa shape index (κ3) is 4.50. The molecule has 2 amide bonds. The molecular weight excluding hydrogens is 259 g/mol.